The minimum absolute atomic E-state index is 0.168. The van der Waals surface area contributed by atoms with Gasteiger partial charge in [0.15, 0.2) is 0 Å². The fourth-order valence-corrected chi connectivity index (χ4v) is 1.78. The Labute approximate surface area is 110 Å². The SMILES string of the molecule is O=C(O)c1cc(-c2ccccc2Cl)oc1C(F)(F)F. The maximum absolute atomic E-state index is 12.6. The van der Waals surface area contributed by atoms with E-state index in [1.165, 1.54) is 12.1 Å². The van der Waals surface area contributed by atoms with E-state index >= 15 is 0 Å². The van der Waals surface area contributed by atoms with Gasteiger partial charge in [-0.3, -0.25) is 0 Å². The third kappa shape index (κ3) is 2.58. The van der Waals surface area contributed by atoms with Crippen molar-refractivity contribution < 1.29 is 27.5 Å². The van der Waals surface area contributed by atoms with Gasteiger partial charge in [0, 0.05) is 5.56 Å². The summed E-state index contributed by atoms with van der Waals surface area (Å²) in [6, 6.07) is 6.86. The first-order valence-corrected chi connectivity index (χ1v) is 5.37. The minimum Gasteiger partial charge on any atom is -0.478 e. The van der Waals surface area contributed by atoms with Crippen molar-refractivity contribution in [2.75, 3.05) is 0 Å². The van der Waals surface area contributed by atoms with E-state index in [1.807, 2.05) is 0 Å². The van der Waals surface area contributed by atoms with Crippen LogP contribution in [0.5, 0.6) is 0 Å². The van der Waals surface area contributed by atoms with E-state index in [0.29, 0.717) is 0 Å². The Bertz CT molecular complexity index is 631. The molecular weight excluding hydrogens is 285 g/mol. The third-order valence-corrected chi connectivity index (χ3v) is 2.69. The molecule has 0 spiro atoms. The van der Waals surface area contributed by atoms with Gasteiger partial charge in [0.25, 0.3) is 0 Å². The van der Waals surface area contributed by atoms with Crippen LogP contribution >= 0.6 is 11.6 Å². The molecule has 0 bridgehead atoms. The maximum atomic E-state index is 12.6. The van der Waals surface area contributed by atoms with Crippen LogP contribution in [0.4, 0.5) is 13.2 Å². The van der Waals surface area contributed by atoms with Crippen molar-refractivity contribution in [3.8, 4) is 11.3 Å². The molecule has 1 aromatic carbocycles. The predicted molar refractivity (Wildman–Crippen MR) is 61.1 cm³/mol. The third-order valence-electron chi connectivity index (χ3n) is 2.36. The highest BCUT2D eigenvalue weighted by Gasteiger charge is 2.40. The first kappa shape index (κ1) is 13.5. The Morgan fingerprint density at radius 1 is 1.26 bits per heavy atom. The van der Waals surface area contributed by atoms with Crippen LogP contribution in [0.15, 0.2) is 34.7 Å². The number of carboxylic acid groups (broad SMARTS) is 1. The molecule has 0 atom stereocenters. The van der Waals surface area contributed by atoms with Crippen LogP contribution in [-0.4, -0.2) is 11.1 Å². The van der Waals surface area contributed by atoms with Crippen molar-refractivity contribution in [1.29, 1.82) is 0 Å². The zero-order valence-electron chi connectivity index (χ0n) is 9.16. The number of hydrogen-bond acceptors (Lipinski definition) is 2. The number of rotatable bonds is 2. The monoisotopic (exact) mass is 290 g/mol. The van der Waals surface area contributed by atoms with Crippen molar-refractivity contribution in [2.24, 2.45) is 0 Å². The topological polar surface area (TPSA) is 50.4 Å². The summed E-state index contributed by atoms with van der Waals surface area (Å²) in [5.74, 6) is -3.50. The molecule has 0 aliphatic heterocycles. The van der Waals surface area contributed by atoms with E-state index in [1.54, 1.807) is 12.1 Å². The van der Waals surface area contributed by atoms with Gasteiger partial charge in [-0.15, -0.1) is 0 Å². The van der Waals surface area contributed by atoms with E-state index < -0.39 is 23.5 Å². The molecule has 0 saturated carbocycles. The number of alkyl halides is 3. The lowest BCUT2D eigenvalue weighted by atomic mass is 10.1. The largest absolute Gasteiger partial charge is 0.478 e. The fourth-order valence-electron chi connectivity index (χ4n) is 1.55. The van der Waals surface area contributed by atoms with Crippen molar-refractivity contribution >= 4 is 17.6 Å². The molecule has 0 aliphatic rings. The number of hydrogen-bond donors (Lipinski definition) is 1. The fraction of sp³-hybridized carbons (Fsp3) is 0.0833. The molecule has 2 rings (SSSR count). The lowest BCUT2D eigenvalue weighted by molar-refractivity contribution is -0.153. The van der Waals surface area contributed by atoms with Crippen molar-refractivity contribution in [3.63, 3.8) is 0 Å². The van der Waals surface area contributed by atoms with Crippen LogP contribution in [-0.2, 0) is 6.18 Å². The molecule has 0 aliphatic carbocycles. The first-order chi connectivity index (χ1) is 8.80. The van der Waals surface area contributed by atoms with Gasteiger partial charge in [-0.2, -0.15) is 13.2 Å². The zero-order chi connectivity index (χ0) is 14.2. The second-order valence-corrected chi connectivity index (χ2v) is 4.04. The molecule has 0 fully saturated rings. The Hall–Kier alpha value is -1.95. The molecule has 0 saturated heterocycles. The summed E-state index contributed by atoms with van der Waals surface area (Å²) in [5, 5.41) is 8.93. The molecule has 1 aromatic heterocycles. The van der Waals surface area contributed by atoms with Crippen LogP contribution in [0.1, 0.15) is 16.1 Å². The average Bonchev–Trinajstić information content (AvgIpc) is 2.74. The Balaban J connectivity index is 2.62. The van der Waals surface area contributed by atoms with Crippen LogP contribution in [0.2, 0.25) is 5.02 Å². The highest BCUT2D eigenvalue weighted by molar-refractivity contribution is 6.33. The zero-order valence-corrected chi connectivity index (χ0v) is 9.92. The van der Waals surface area contributed by atoms with E-state index in [9.17, 15) is 18.0 Å². The predicted octanol–water partition coefficient (Wildman–Crippen LogP) is 4.32. The van der Waals surface area contributed by atoms with Crippen molar-refractivity contribution in [2.45, 2.75) is 6.18 Å². The maximum Gasteiger partial charge on any atom is 0.450 e. The number of carboxylic acids is 1. The number of aromatic carboxylic acids is 1. The van der Waals surface area contributed by atoms with Gasteiger partial charge in [0.05, 0.1) is 5.02 Å². The molecule has 7 heteroatoms. The number of halogens is 4. The second-order valence-electron chi connectivity index (χ2n) is 3.64. The van der Waals surface area contributed by atoms with E-state index in [4.69, 9.17) is 16.7 Å². The normalized spacial score (nSPS) is 11.6. The molecule has 0 amide bonds. The van der Waals surface area contributed by atoms with Gasteiger partial charge in [0.2, 0.25) is 5.76 Å². The highest BCUT2D eigenvalue weighted by atomic mass is 35.5. The molecule has 19 heavy (non-hydrogen) atoms. The van der Waals surface area contributed by atoms with Gasteiger partial charge in [0.1, 0.15) is 11.3 Å². The molecular formula is C12H6ClF3O3. The van der Waals surface area contributed by atoms with Crippen LogP contribution < -0.4 is 0 Å². The van der Waals surface area contributed by atoms with Crippen molar-refractivity contribution in [1.82, 2.24) is 0 Å². The van der Waals surface area contributed by atoms with E-state index in [0.717, 1.165) is 6.07 Å². The number of furan rings is 1. The molecule has 1 N–H and O–H groups in total. The summed E-state index contributed by atoms with van der Waals surface area (Å²) in [4.78, 5) is 10.8. The summed E-state index contributed by atoms with van der Waals surface area (Å²) >= 11 is 5.83. The smallest absolute Gasteiger partial charge is 0.450 e. The molecule has 3 nitrogen and oxygen atoms in total. The summed E-state index contributed by atoms with van der Waals surface area (Å²) in [6.07, 6.45) is -4.88. The van der Waals surface area contributed by atoms with Gasteiger partial charge < -0.3 is 9.52 Å². The number of carbonyl (C=O) groups is 1. The molecule has 1 heterocycles. The van der Waals surface area contributed by atoms with Crippen LogP contribution in [0.3, 0.4) is 0 Å². The second kappa shape index (κ2) is 4.62. The van der Waals surface area contributed by atoms with Gasteiger partial charge >= 0.3 is 12.1 Å². The highest BCUT2D eigenvalue weighted by Crippen LogP contribution is 2.38. The Morgan fingerprint density at radius 2 is 1.89 bits per heavy atom. The Morgan fingerprint density at radius 3 is 2.37 bits per heavy atom. The molecule has 100 valence electrons. The number of benzene rings is 1. The van der Waals surface area contributed by atoms with E-state index in [2.05, 4.69) is 4.42 Å². The standard InChI is InChI=1S/C12H6ClF3O3/c13-8-4-2-1-3-6(8)9-5-7(11(17)18)10(19-9)12(14,15)16/h1-5H,(H,17,18). The molecule has 2 aromatic rings. The van der Waals surface area contributed by atoms with Gasteiger partial charge in [-0.1, -0.05) is 23.7 Å². The van der Waals surface area contributed by atoms with Gasteiger partial charge in [-0.05, 0) is 18.2 Å². The summed E-state index contributed by atoms with van der Waals surface area (Å²) < 4.78 is 42.6. The summed E-state index contributed by atoms with van der Waals surface area (Å²) in [7, 11) is 0. The lowest BCUT2D eigenvalue weighted by Gasteiger charge is -2.03. The van der Waals surface area contributed by atoms with Crippen LogP contribution in [0, 0.1) is 0 Å². The summed E-state index contributed by atoms with van der Waals surface area (Å²) in [5.41, 5.74) is -0.746. The minimum atomic E-state index is -4.88. The van der Waals surface area contributed by atoms with Crippen LogP contribution in [0.25, 0.3) is 11.3 Å². The lowest BCUT2D eigenvalue weighted by Crippen LogP contribution is -2.09. The first-order valence-electron chi connectivity index (χ1n) is 5.00. The van der Waals surface area contributed by atoms with Gasteiger partial charge in [-0.25, -0.2) is 4.79 Å². The molecule has 0 unspecified atom stereocenters. The quantitative estimate of drug-likeness (QED) is 0.896. The summed E-state index contributed by atoms with van der Waals surface area (Å²) in [6.45, 7) is 0. The van der Waals surface area contributed by atoms with E-state index in [-0.39, 0.29) is 16.3 Å². The van der Waals surface area contributed by atoms with Crippen molar-refractivity contribution in [3.05, 3.63) is 46.7 Å². The molecule has 0 radical (unpaired) electrons. The Kier molecular flexibility index (Phi) is 3.28. The average molecular weight is 291 g/mol.